The number of fused-ring (bicyclic) bond motifs is 3. The van der Waals surface area contributed by atoms with E-state index in [1.165, 1.54) is 34.9 Å². The number of aromatic nitrogens is 1. The van der Waals surface area contributed by atoms with Gasteiger partial charge < -0.3 is 9.64 Å². The zero-order valence-corrected chi connectivity index (χ0v) is 19.1. The minimum Gasteiger partial charge on any atom is -0.406 e. The van der Waals surface area contributed by atoms with Crippen molar-refractivity contribution >= 4 is 17.7 Å². The van der Waals surface area contributed by atoms with E-state index in [2.05, 4.69) is 4.74 Å². The van der Waals surface area contributed by atoms with E-state index in [1.807, 2.05) is 29.3 Å². The third kappa shape index (κ3) is 3.81. The smallest absolute Gasteiger partial charge is 0.406 e. The van der Waals surface area contributed by atoms with E-state index in [9.17, 15) is 22.8 Å². The first kappa shape index (κ1) is 22.4. The number of benzene rings is 2. The summed E-state index contributed by atoms with van der Waals surface area (Å²) in [7, 11) is 1.64. The lowest BCUT2D eigenvalue weighted by molar-refractivity contribution is -0.274. The number of thioether (sulfide) groups is 1. The molecule has 0 saturated carbocycles. The fraction of sp³-hybridized carbons (Fsp3) is 0.250. The molecule has 0 fully saturated rings. The molecular formula is C24H20F3N3O3S. The van der Waals surface area contributed by atoms with Crippen molar-refractivity contribution in [1.82, 2.24) is 9.58 Å². The standard InChI is InChI=1S/C24H20F3N3O3S/c1-14-19(31)9-10-29-21(14)23(32)28(2)13-30(29)22-17-6-4-3-5-15(17)12-34-20-8-7-16(11-18(20)22)33-24(25,26)27/h3-11,22H,12-13H2,1-2H3. The van der Waals surface area contributed by atoms with Gasteiger partial charge in [0.25, 0.3) is 5.91 Å². The summed E-state index contributed by atoms with van der Waals surface area (Å²) in [5, 5.41) is 1.89. The van der Waals surface area contributed by atoms with E-state index in [0.29, 0.717) is 16.9 Å². The largest absolute Gasteiger partial charge is 0.573 e. The van der Waals surface area contributed by atoms with E-state index in [-0.39, 0.29) is 29.4 Å². The van der Waals surface area contributed by atoms with Crippen molar-refractivity contribution < 1.29 is 22.7 Å². The minimum absolute atomic E-state index is 0.168. The van der Waals surface area contributed by atoms with Gasteiger partial charge in [0.1, 0.15) is 18.1 Å². The fourth-order valence-corrected chi connectivity index (χ4v) is 5.56. The Balaban J connectivity index is 1.75. The molecule has 10 heteroatoms. The number of nitrogens with zero attached hydrogens (tertiary/aromatic N) is 3. The Kier molecular flexibility index (Phi) is 5.35. The molecule has 0 radical (unpaired) electrons. The highest BCUT2D eigenvalue weighted by molar-refractivity contribution is 7.98. The topological polar surface area (TPSA) is 54.8 Å². The van der Waals surface area contributed by atoms with Gasteiger partial charge in [-0.1, -0.05) is 24.3 Å². The van der Waals surface area contributed by atoms with Crippen LogP contribution in [0.15, 0.2) is 64.4 Å². The highest BCUT2D eigenvalue weighted by Crippen LogP contribution is 2.44. The summed E-state index contributed by atoms with van der Waals surface area (Å²) in [5.74, 6) is 0.0312. The third-order valence-electron chi connectivity index (χ3n) is 6.04. The van der Waals surface area contributed by atoms with Crippen LogP contribution in [0.2, 0.25) is 0 Å². The van der Waals surface area contributed by atoms with Crippen LogP contribution < -0.4 is 15.2 Å². The molecule has 1 amide bonds. The average Bonchev–Trinajstić information content (AvgIpc) is 2.94. The van der Waals surface area contributed by atoms with Crippen LogP contribution in [-0.4, -0.2) is 35.6 Å². The molecule has 0 N–H and O–H groups in total. The zero-order valence-electron chi connectivity index (χ0n) is 18.3. The zero-order chi connectivity index (χ0) is 24.2. The molecule has 1 unspecified atom stereocenters. The van der Waals surface area contributed by atoms with E-state index < -0.39 is 12.4 Å². The Morgan fingerprint density at radius 2 is 1.82 bits per heavy atom. The lowest BCUT2D eigenvalue weighted by Crippen LogP contribution is -2.54. The third-order valence-corrected chi connectivity index (χ3v) is 7.18. The van der Waals surface area contributed by atoms with Gasteiger partial charge in [-0.3, -0.25) is 19.3 Å². The van der Waals surface area contributed by atoms with Crippen LogP contribution in [0.5, 0.6) is 5.75 Å². The minimum atomic E-state index is -4.82. The van der Waals surface area contributed by atoms with Crippen molar-refractivity contribution in [2.24, 2.45) is 0 Å². The Morgan fingerprint density at radius 1 is 1.06 bits per heavy atom. The molecule has 0 spiro atoms. The lowest BCUT2D eigenvalue weighted by atomic mass is 9.94. The molecule has 34 heavy (non-hydrogen) atoms. The number of amides is 1. The molecule has 1 aromatic heterocycles. The summed E-state index contributed by atoms with van der Waals surface area (Å²) < 4.78 is 44.9. The van der Waals surface area contributed by atoms with Gasteiger partial charge in [-0.05, 0) is 41.8 Å². The molecule has 5 rings (SSSR count). The number of halogens is 3. The summed E-state index contributed by atoms with van der Waals surface area (Å²) in [6.45, 7) is 1.77. The van der Waals surface area contributed by atoms with Crippen LogP contribution in [-0.2, 0) is 5.75 Å². The van der Waals surface area contributed by atoms with Gasteiger partial charge in [-0.2, -0.15) is 0 Å². The summed E-state index contributed by atoms with van der Waals surface area (Å²) in [4.78, 5) is 27.6. The maximum atomic E-state index is 13.0. The van der Waals surface area contributed by atoms with Crippen LogP contribution in [0.4, 0.5) is 13.2 Å². The molecule has 2 aliphatic heterocycles. The highest BCUT2D eigenvalue weighted by atomic mass is 32.2. The average molecular weight is 488 g/mol. The second-order valence-electron chi connectivity index (χ2n) is 8.22. The molecule has 0 aliphatic carbocycles. The number of hydrogen-bond donors (Lipinski definition) is 0. The predicted molar refractivity (Wildman–Crippen MR) is 122 cm³/mol. The normalized spacial score (nSPS) is 17.6. The number of rotatable bonds is 2. The molecule has 0 saturated heterocycles. The summed E-state index contributed by atoms with van der Waals surface area (Å²) >= 11 is 1.53. The van der Waals surface area contributed by atoms with E-state index in [0.717, 1.165) is 16.0 Å². The van der Waals surface area contributed by atoms with Crippen molar-refractivity contribution in [3.05, 3.63) is 92.9 Å². The number of carbonyl (C=O) groups is 1. The molecule has 176 valence electrons. The van der Waals surface area contributed by atoms with Crippen molar-refractivity contribution in [3.63, 3.8) is 0 Å². The predicted octanol–water partition coefficient (Wildman–Crippen LogP) is 4.43. The van der Waals surface area contributed by atoms with E-state index >= 15 is 0 Å². The Morgan fingerprint density at radius 3 is 2.59 bits per heavy atom. The maximum Gasteiger partial charge on any atom is 0.573 e. The fourth-order valence-electron chi connectivity index (χ4n) is 4.48. The molecule has 3 heterocycles. The summed E-state index contributed by atoms with van der Waals surface area (Å²) in [6, 6.07) is 13.0. The van der Waals surface area contributed by atoms with Gasteiger partial charge in [0.15, 0.2) is 5.43 Å². The monoisotopic (exact) mass is 487 g/mol. The van der Waals surface area contributed by atoms with Crippen molar-refractivity contribution in [1.29, 1.82) is 0 Å². The second kappa shape index (κ2) is 8.12. The Bertz CT molecular complexity index is 1360. The van der Waals surface area contributed by atoms with E-state index in [4.69, 9.17) is 0 Å². The first-order chi connectivity index (χ1) is 16.1. The summed E-state index contributed by atoms with van der Waals surface area (Å²) in [5.41, 5.74) is 2.86. The first-order valence-corrected chi connectivity index (χ1v) is 11.5. The van der Waals surface area contributed by atoms with Crippen LogP contribution >= 0.6 is 11.8 Å². The highest BCUT2D eigenvalue weighted by Gasteiger charge is 2.37. The Hall–Kier alpha value is -3.40. The van der Waals surface area contributed by atoms with Gasteiger partial charge in [0.2, 0.25) is 0 Å². The first-order valence-electron chi connectivity index (χ1n) is 10.5. The van der Waals surface area contributed by atoms with Gasteiger partial charge in [0.05, 0.1) is 6.04 Å². The Labute approximate surface area is 197 Å². The number of pyridine rings is 1. The van der Waals surface area contributed by atoms with Gasteiger partial charge in [-0.15, -0.1) is 24.9 Å². The molecule has 6 nitrogen and oxygen atoms in total. The number of ether oxygens (including phenoxy) is 1. The van der Waals surface area contributed by atoms with Gasteiger partial charge in [-0.25, -0.2) is 0 Å². The molecule has 1 atom stereocenters. The second-order valence-corrected chi connectivity index (χ2v) is 9.24. The lowest BCUT2D eigenvalue weighted by Gasteiger charge is -2.43. The molecule has 3 aromatic rings. The van der Waals surface area contributed by atoms with Gasteiger partial charge >= 0.3 is 6.36 Å². The van der Waals surface area contributed by atoms with E-state index in [1.54, 1.807) is 30.9 Å². The molecular weight excluding hydrogens is 467 g/mol. The van der Waals surface area contributed by atoms with Crippen LogP contribution in [0.3, 0.4) is 0 Å². The number of alkyl halides is 3. The van der Waals surface area contributed by atoms with Crippen molar-refractivity contribution in [3.8, 4) is 5.75 Å². The van der Waals surface area contributed by atoms with Crippen LogP contribution in [0, 0.1) is 6.92 Å². The van der Waals surface area contributed by atoms with Crippen molar-refractivity contribution in [2.45, 2.75) is 30.0 Å². The van der Waals surface area contributed by atoms with Crippen LogP contribution in [0.1, 0.15) is 38.8 Å². The number of hydrogen-bond acceptors (Lipinski definition) is 5. The maximum absolute atomic E-state index is 13.0. The van der Waals surface area contributed by atoms with Gasteiger partial charge in [0, 0.05) is 35.5 Å². The molecule has 2 aliphatic rings. The van der Waals surface area contributed by atoms with Crippen LogP contribution in [0.25, 0.3) is 0 Å². The summed E-state index contributed by atoms with van der Waals surface area (Å²) in [6.07, 6.45) is -3.27. The SMILES string of the molecule is Cc1c2n(ccc1=O)N(C1c3ccccc3CSc3ccc(OC(F)(F)F)cc31)CN(C)C2=O. The van der Waals surface area contributed by atoms with Crippen molar-refractivity contribution in [2.75, 3.05) is 18.7 Å². The quantitative estimate of drug-likeness (QED) is 0.535. The molecule has 2 aromatic carbocycles. The number of carbonyl (C=O) groups excluding carboxylic acids is 1. The molecule has 0 bridgehead atoms.